The van der Waals surface area contributed by atoms with Crippen LogP contribution in [-0.2, 0) is 4.74 Å². The van der Waals surface area contributed by atoms with Crippen LogP contribution < -0.4 is 5.32 Å². The van der Waals surface area contributed by atoms with Gasteiger partial charge in [0.05, 0.1) is 10.6 Å². The van der Waals surface area contributed by atoms with Crippen LogP contribution in [0, 0.1) is 10.1 Å². The van der Waals surface area contributed by atoms with Crippen molar-refractivity contribution < 1.29 is 14.5 Å². The molecule has 2 rings (SSSR count). The Bertz CT molecular complexity index is 499. The van der Waals surface area contributed by atoms with Crippen LogP contribution >= 0.6 is 0 Å². The Morgan fingerprint density at radius 3 is 3.00 bits per heavy atom. The van der Waals surface area contributed by atoms with E-state index in [9.17, 15) is 14.9 Å². The van der Waals surface area contributed by atoms with Gasteiger partial charge in [-0.3, -0.25) is 15.4 Å². The van der Waals surface area contributed by atoms with Crippen molar-refractivity contribution in [1.82, 2.24) is 0 Å². The van der Waals surface area contributed by atoms with E-state index in [0.29, 0.717) is 5.69 Å². The van der Waals surface area contributed by atoms with Crippen molar-refractivity contribution in [2.45, 2.75) is 18.9 Å². The van der Waals surface area contributed by atoms with Gasteiger partial charge in [-0.25, -0.2) is 4.79 Å². The number of hydrogen-bond acceptors (Lipinski definition) is 4. The van der Waals surface area contributed by atoms with E-state index >= 15 is 0 Å². The van der Waals surface area contributed by atoms with Crippen LogP contribution in [-0.4, -0.2) is 17.1 Å². The van der Waals surface area contributed by atoms with Gasteiger partial charge < -0.3 is 4.74 Å². The van der Waals surface area contributed by atoms with Crippen molar-refractivity contribution in [2.75, 3.05) is 5.32 Å². The molecule has 1 N–H and O–H groups in total. The minimum atomic E-state index is -0.605. The molecule has 1 amide bonds. The summed E-state index contributed by atoms with van der Waals surface area (Å²) in [6.07, 6.45) is 4.64. The molecule has 0 saturated heterocycles. The Hall–Kier alpha value is -2.37. The number of carbonyl (C=O) groups excluding carboxylic acids is 1. The standard InChI is InChI=1S/C12H12N2O4/c15-12(18-11-6-1-2-7-11)13-9-4-3-5-10(8-9)14(16)17/h1,3-6,8,11H,2,7H2,(H,13,15). The van der Waals surface area contributed by atoms with Gasteiger partial charge in [0.1, 0.15) is 6.10 Å². The summed E-state index contributed by atoms with van der Waals surface area (Å²) in [6, 6.07) is 5.71. The lowest BCUT2D eigenvalue weighted by atomic mass is 10.3. The SMILES string of the molecule is O=C(Nc1cccc([N+](=O)[O-])c1)OC1C=CCC1. The fraction of sp³-hybridized carbons (Fsp3) is 0.250. The molecule has 0 fully saturated rings. The summed E-state index contributed by atoms with van der Waals surface area (Å²) in [5.41, 5.74) is 0.268. The molecular weight excluding hydrogens is 236 g/mol. The number of anilines is 1. The summed E-state index contributed by atoms with van der Waals surface area (Å²) < 4.78 is 5.11. The van der Waals surface area contributed by atoms with Crippen molar-refractivity contribution in [3.63, 3.8) is 0 Å². The molecule has 0 aliphatic heterocycles. The molecule has 0 saturated carbocycles. The van der Waals surface area contributed by atoms with Gasteiger partial charge in [0, 0.05) is 12.1 Å². The van der Waals surface area contributed by atoms with Crippen LogP contribution in [0.2, 0.25) is 0 Å². The number of non-ortho nitro benzene ring substituents is 1. The molecule has 1 aliphatic rings. The van der Waals surface area contributed by atoms with Gasteiger partial charge >= 0.3 is 6.09 Å². The van der Waals surface area contributed by atoms with Crippen LogP contribution in [0.4, 0.5) is 16.2 Å². The number of nitrogens with zero attached hydrogens (tertiary/aromatic N) is 1. The summed E-state index contributed by atoms with van der Waals surface area (Å²) >= 11 is 0. The molecule has 0 aromatic heterocycles. The Morgan fingerprint density at radius 1 is 1.50 bits per heavy atom. The van der Waals surface area contributed by atoms with E-state index in [1.807, 2.05) is 12.2 Å². The van der Waals surface area contributed by atoms with Crippen molar-refractivity contribution in [3.8, 4) is 0 Å². The molecule has 0 spiro atoms. The molecule has 94 valence electrons. The predicted octanol–water partition coefficient (Wildman–Crippen LogP) is 2.86. The maximum absolute atomic E-state index is 11.5. The molecule has 0 heterocycles. The van der Waals surface area contributed by atoms with Crippen LogP contribution in [0.5, 0.6) is 0 Å². The normalized spacial score (nSPS) is 17.4. The number of amides is 1. The first-order valence-corrected chi connectivity index (χ1v) is 5.54. The van der Waals surface area contributed by atoms with Gasteiger partial charge in [0.25, 0.3) is 5.69 Å². The molecule has 6 nitrogen and oxygen atoms in total. The van der Waals surface area contributed by atoms with E-state index in [1.165, 1.54) is 18.2 Å². The molecule has 1 aromatic carbocycles. The number of rotatable bonds is 3. The second-order valence-corrected chi connectivity index (χ2v) is 3.88. The fourth-order valence-corrected chi connectivity index (χ4v) is 1.68. The van der Waals surface area contributed by atoms with Crippen molar-refractivity contribution in [2.24, 2.45) is 0 Å². The highest BCUT2D eigenvalue weighted by Gasteiger charge is 2.15. The lowest BCUT2D eigenvalue weighted by molar-refractivity contribution is -0.384. The van der Waals surface area contributed by atoms with Gasteiger partial charge in [-0.1, -0.05) is 12.1 Å². The third-order valence-corrected chi connectivity index (χ3v) is 2.53. The average molecular weight is 248 g/mol. The van der Waals surface area contributed by atoms with Crippen molar-refractivity contribution in [3.05, 3.63) is 46.5 Å². The molecule has 18 heavy (non-hydrogen) atoms. The lowest BCUT2D eigenvalue weighted by Crippen LogP contribution is -2.19. The summed E-state index contributed by atoms with van der Waals surface area (Å²) in [6.45, 7) is 0. The van der Waals surface area contributed by atoms with Gasteiger partial charge in [-0.15, -0.1) is 0 Å². The zero-order chi connectivity index (χ0) is 13.0. The summed E-state index contributed by atoms with van der Waals surface area (Å²) in [5, 5.41) is 13.0. The topological polar surface area (TPSA) is 81.5 Å². The van der Waals surface area contributed by atoms with Crippen LogP contribution in [0.15, 0.2) is 36.4 Å². The van der Waals surface area contributed by atoms with E-state index in [2.05, 4.69) is 5.32 Å². The molecule has 6 heteroatoms. The number of allylic oxidation sites excluding steroid dienone is 1. The van der Waals surface area contributed by atoms with E-state index in [1.54, 1.807) is 6.07 Å². The van der Waals surface area contributed by atoms with E-state index in [0.717, 1.165) is 12.8 Å². The Labute approximate surface area is 103 Å². The number of benzene rings is 1. The highest BCUT2D eigenvalue weighted by Crippen LogP contribution is 2.18. The highest BCUT2D eigenvalue weighted by atomic mass is 16.6. The van der Waals surface area contributed by atoms with Crippen LogP contribution in [0.3, 0.4) is 0 Å². The van der Waals surface area contributed by atoms with Crippen molar-refractivity contribution >= 4 is 17.5 Å². The molecule has 1 unspecified atom stereocenters. The number of nitro benzene ring substituents is 1. The van der Waals surface area contributed by atoms with Crippen LogP contribution in [0.25, 0.3) is 0 Å². The van der Waals surface area contributed by atoms with Crippen LogP contribution in [0.1, 0.15) is 12.8 Å². The molecule has 0 bridgehead atoms. The van der Waals surface area contributed by atoms with Crippen molar-refractivity contribution in [1.29, 1.82) is 0 Å². The van der Waals surface area contributed by atoms with Gasteiger partial charge in [0.2, 0.25) is 0 Å². The first-order chi connectivity index (χ1) is 8.65. The molecular formula is C12H12N2O4. The first kappa shape index (κ1) is 12.1. The van der Waals surface area contributed by atoms with E-state index in [4.69, 9.17) is 4.74 Å². The molecule has 0 radical (unpaired) electrons. The van der Waals surface area contributed by atoms with E-state index in [-0.39, 0.29) is 11.8 Å². The maximum atomic E-state index is 11.5. The number of hydrogen-bond donors (Lipinski definition) is 1. The number of nitro groups is 1. The lowest BCUT2D eigenvalue weighted by Gasteiger charge is -2.10. The quantitative estimate of drug-likeness (QED) is 0.506. The van der Waals surface area contributed by atoms with Gasteiger partial charge in [-0.05, 0) is 25.0 Å². The monoisotopic (exact) mass is 248 g/mol. The second-order valence-electron chi connectivity index (χ2n) is 3.88. The summed E-state index contributed by atoms with van der Waals surface area (Å²) in [5.74, 6) is 0. The van der Waals surface area contributed by atoms with E-state index < -0.39 is 11.0 Å². The third kappa shape index (κ3) is 3.07. The fourth-order valence-electron chi connectivity index (χ4n) is 1.68. The van der Waals surface area contributed by atoms with Gasteiger partial charge in [-0.2, -0.15) is 0 Å². The zero-order valence-electron chi connectivity index (χ0n) is 9.54. The Balaban J connectivity index is 1.95. The second kappa shape index (κ2) is 5.31. The Morgan fingerprint density at radius 2 is 2.33 bits per heavy atom. The molecule has 1 atom stereocenters. The highest BCUT2D eigenvalue weighted by molar-refractivity contribution is 5.85. The molecule has 1 aromatic rings. The number of ether oxygens (including phenoxy) is 1. The minimum Gasteiger partial charge on any atom is -0.442 e. The van der Waals surface area contributed by atoms with Gasteiger partial charge in [0.15, 0.2) is 0 Å². The average Bonchev–Trinajstić information content (AvgIpc) is 2.82. The number of nitrogens with one attached hydrogen (secondary N) is 1. The number of carbonyl (C=O) groups is 1. The maximum Gasteiger partial charge on any atom is 0.412 e. The third-order valence-electron chi connectivity index (χ3n) is 2.53. The Kier molecular flexibility index (Phi) is 3.57. The predicted molar refractivity (Wildman–Crippen MR) is 65.4 cm³/mol. The largest absolute Gasteiger partial charge is 0.442 e. The minimum absolute atomic E-state index is 0.0754. The summed E-state index contributed by atoms with van der Waals surface area (Å²) in [7, 11) is 0. The molecule has 1 aliphatic carbocycles. The smallest absolute Gasteiger partial charge is 0.412 e. The first-order valence-electron chi connectivity index (χ1n) is 5.54. The zero-order valence-corrected chi connectivity index (χ0v) is 9.54. The summed E-state index contributed by atoms with van der Waals surface area (Å²) in [4.78, 5) is 21.6.